The maximum Gasteiger partial charge on any atom is 0.252 e. The third-order valence-corrected chi connectivity index (χ3v) is 8.48. The minimum atomic E-state index is -3.44. The van der Waals surface area contributed by atoms with Crippen LogP contribution in [0.25, 0.3) is 0 Å². The monoisotopic (exact) mass is 352 g/mol. The number of sulfonamides is 2. The number of rotatable bonds is 4. The molecule has 0 spiro atoms. The Labute approximate surface area is 130 Å². The molecule has 0 N–H and O–H groups in total. The minimum Gasteiger partial charge on any atom is -0.213 e. The van der Waals surface area contributed by atoms with Crippen molar-refractivity contribution in [3.8, 4) is 0 Å². The van der Waals surface area contributed by atoms with E-state index in [0.717, 1.165) is 4.88 Å². The second-order valence-electron chi connectivity index (χ2n) is 5.28. The van der Waals surface area contributed by atoms with Gasteiger partial charge in [-0.25, -0.2) is 21.1 Å². The van der Waals surface area contributed by atoms with Crippen LogP contribution >= 0.6 is 11.3 Å². The average molecular weight is 353 g/mol. The van der Waals surface area contributed by atoms with Crippen molar-refractivity contribution in [2.45, 2.75) is 30.0 Å². The van der Waals surface area contributed by atoms with E-state index in [1.54, 1.807) is 19.2 Å². The Kier molecular flexibility index (Phi) is 4.79. The number of aryl methyl sites for hydroxylation is 1. The van der Waals surface area contributed by atoms with E-state index in [1.807, 2.05) is 6.92 Å². The highest BCUT2D eigenvalue weighted by Gasteiger charge is 2.33. The molecular formula is C12H20N2O4S3. The van der Waals surface area contributed by atoms with Crippen LogP contribution in [0, 0.1) is 6.92 Å². The molecule has 0 atom stereocenters. The molecule has 1 aliphatic heterocycles. The summed E-state index contributed by atoms with van der Waals surface area (Å²) < 4.78 is 51.2. The quantitative estimate of drug-likeness (QED) is 0.813. The van der Waals surface area contributed by atoms with Crippen molar-refractivity contribution in [1.29, 1.82) is 0 Å². The third-order valence-electron chi connectivity index (χ3n) is 3.77. The van der Waals surface area contributed by atoms with Gasteiger partial charge in [-0.15, -0.1) is 11.3 Å². The summed E-state index contributed by atoms with van der Waals surface area (Å²) in [6.45, 7) is 2.57. The van der Waals surface area contributed by atoms with E-state index in [1.165, 1.54) is 26.2 Å². The lowest BCUT2D eigenvalue weighted by Gasteiger charge is -2.34. The summed E-state index contributed by atoms with van der Waals surface area (Å²) >= 11 is 1.26. The summed E-state index contributed by atoms with van der Waals surface area (Å²) in [5.41, 5.74) is 0. The second kappa shape index (κ2) is 5.96. The summed E-state index contributed by atoms with van der Waals surface area (Å²) in [4.78, 5) is 0.959. The first-order valence-electron chi connectivity index (χ1n) is 6.62. The fourth-order valence-corrected chi connectivity index (χ4v) is 6.05. The summed E-state index contributed by atoms with van der Waals surface area (Å²) in [6, 6.07) is 3.29. The molecule has 2 heterocycles. The zero-order valence-corrected chi connectivity index (χ0v) is 14.8. The lowest BCUT2D eigenvalue weighted by atomic mass is 10.1. The maximum atomic E-state index is 12.5. The molecule has 0 radical (unpaired) electrons. The number of piperidine rings is 1. The molecule has 1 aliphatic rings. The standard InChI is InChI=1S/C12H20N2O4S3/c1-10-4-5-12(19-10)21(17,18)14-8-6-11(7-9-14)13(2)20(3,15)16/h4-5,11H,6-9H2,1-3H3. The van der Waals surface area contributed by atoms with E-state index in [9.17, 15) is 16.8 Å². The Balaban J connectivity index is 2.08. The molecule has 120 valence electrons. The van der Waals surface area contributed by atoms with Crippen molar-refractivity contribution in [2.75, 3.05) is 26.4 Å². The number of hydrogen-bond acceptors (Lipinski definition) is 5. The van der Waals surface area contributed by atoms with E-state index in [4.69, 9.17) is 0 Å². The maximum absolute atomic E-state index is 12.5. The zero-order chi connectivity index (χ0) is 15.8. The van der Waals surface area contributed by atoms with Crippen LogP contribution in [0.3, 0.4) is 0 Å². The van der Waals surface area contributed by atoms with Gasteiger partial charge in [0.15, 0.2) is 0 Å². The van der Waals surface area contributed by atoms with Gasteiger partial charge in [0.2, 0.25) is 10.0 Å². The lowest BCUT2D eigenvalue weighted by Crippen LogP contribution is -2.46. The molecule has 0 amide bonds. The Morgan fingerprint density at radius 1 is 1.19 bits per heavy atom. The van der Waals surface area contributed by atoms with Gasteiger partial charge in [-0.1, -0.05) is 0 Å². The SMILES string of the molecule is Cc1ccc(S(=O)(=O)N2CCC(N(C)S(C)(=O)=O)CC2)s1. The average Bonchev–Trinajstić information content (AvgIpc) is 2.84. The summed E-state index contributed by atoms with van der Waals surface area (Å²) in [5, 5.41) is 0. The van der Waals surface area contributed by atoms with Crippen LogP contribution < -0.4 is 0 Å². The first kappa shape index (κ1) is 16.9. The topological polar surface area (TPSA) is 74.8 Å². The molecule has 0 aliphatic carbocycles. The van der Waals surface area contributed by atoms with Crippen LogP contribution in [0.15, 0.2) is 16.3 Å². The van der Waals surface area contributed by atoms with Crippen LogP contribution in [-0.2, 0) is 20.0 Å². The van der Waals surface area contributed by atoms with Crippen molar-refractivity contribution in [1.82, 2.24) is 8.61 Å². The molecule has 1 aromatic rings. The van der Waals surface area contributed by atoms with Crippen LogP contribution in [0.1, 0.15) is 17.7 Å². The lowest BCUT2D eigenvalue weighted by molar-refractivity contribution is 0.239. The smallest absolute Gasteiger partial charge is 0.213 e. The van der Waals surface area contributed by atoms with Gasteiger partial charge < -0.3 is 0 Å². The summed E-state index contributed by atoms with van der Waals surface area (Å²) in [5.74, 6) is 0. The molecule has 6 nitrogen and oxygen atoms in total. The van der Waals surface area contributed by atoms with Gasteiger partial charge >= 0.3 is 0 Å². The predicted octanol–water partition coefficient (Wildman–Crippen LogP) is 1.10. The van der Waals surface area contributed by atoms with Crippen molar-refractivity contribution in [3.05, 3.63) is 17.0 Å². The Hall–Kier alpha value is -0.480. The molecule has 1 saturated heterocycles. The number of hydrogen-bond donors (Lipinski definition) is 0. The first-order valence-corrected chi connectivity index (χ1v) is 10.7. The number of thiophene rings is 1. The highest BCUT2D eigenvalue weighted by Crippen LogP contribution is 2.27. The van der Waals surface area contributed by atoms with E-state index in [2.05, 4.69) is 0 Å². The van der Waals surface area contributed by atoms with Crippen LogP contribution in [0.4, 0.5) is 0 Å². The Morgan fingerprint density at radius 3 is 2.19 bits per heavy atom. The molecule has 1 fully saturated rings. The normalized spacial score (nSPS) is 19.2. The molecule has 2 rings (SSSR count). The minimum absolute atomic E-state index is 0.128. The largest absolute Gasteiger partial charge is 0.252 e. The van der Waals surface area contributed by atoms with Gasteiger partial charge in [0.1, 0.15) is 4.21 Å². The van der Waals surface area contributed by atoms with Gasteiger partial charge in [0, 0.05) is 31.1 Å². The predicted molar refractivity (Wildman–Crippen MR) is 83.4 cm³/mol. The van der Waals surface area contributed by atoms with Crippen molar-refractivity contribution in [3.63, 3.8) is 0 Å². The van der Waals surface area contributed by atoms with Crippen LogP contribution in [0.2, 0.25) is 0 Å². The fraction of sp³-hybridized carbons (Fsp3) is 0.667. The molecule has 0 bridgehead atoms. The molecule has 1 aromatic heterocycles. The van der Waals surface area contributed by atoms with E-state index in [-0.39, 0.29) is 6.04 Å². The molecule has 0 saturated carbocycles. The van der Waals surface area contributed by atoms with E-state index in [0.29, 0.717) is 30.1 Å². The van der Waals surface area contributed by atoms with Gasteiger partial charge in [-0.2, -0.15) is 4.31 Å². The highest BCUT2D eigenvalue weighted by atomic mass is 32.2. The zero-order valence-electron chi connectivity index (χ0n) is 12.3. The van der Waals surface area contributed by atoms with E-state index < -0.39 is 20.0 Å². The molecule has 0 aromatic carbocycles. The number of nitrogens with zero attached hydrogens (tertiary/aromatic N) is 2. The van der Waals surface area contributed by atoms with Crippen LogP contribution in [0.5, 0.6) is 0 Å². The molecular weight excluding hydrogens is 332 g/mol. The van der Waals surface area contributed by atoms with E-state index >= 15 is 0 Å². The highest BCUT2D eigenvalue weighted by molar-refractivity contribution is 7.91. The van der Waals surface area contributed by atoms with Gasteiger partial charge in [-0.05, 0) is 31.9 Å². The van der Waals surface area contributed by atoms with Gasteiger partial charge in [0.05, 0.1) is 6.26 Å². The first-order chi connectivity index (χ1) is 9.62. The van der Waals surface area contributed by atoms with Gasteiger partial charge in [-0.3, -0.25) is 0 Å². The molecule has 21 heavy (non-hydrogen) atoms. The van der Waals surface area contributed by atoms with Crippen LogP contribution in [-0.4, -0.2) is 57.9 Å². The summed E-state index contributed by atoms with van der Waals surface area (Å²) in [7, 11) is -5.13. The Morgan fingerprint density at radius 2 is 1.76 bits per heavy atom. The second-order valence-corrected chi connectivity index (χ2v) is 10.8. The Bertz CT molecular complexity index is 701. The fourth-order valence-electron chi connectivity index (χ4n) is 2.39. The van der Waals surface area contributed by atoms with Crippen molar-refractivity contribution in [2.24, 2.45) is 0 Å². The third kappa shape index (κ3) is 3.65. The molecule has 0 unspecified atom stereocenters. The van der Waals surface area contributed by atoms with Gasteiger partial charge in [0.25, 0.3) is 10.0 Å². The van der Waals surface area contributed by atoms with Crippen molar-refractivity contribution < 1.29 is 16.8 Å². The summed E-state index contributed by atoms with van der Waals surface area (Å²) in [6.07, 6.45) is 2.21. The molecule has 9 heteroatoms. The van der Waals surface area contributed by atoms with Crippen molar-refractivity contribution >= 4 is 31.4 Å².